The molecule has 0 aromatic heterocycles. The Hall–Kier alpha value is -2.69. The van der Waals surface area contributed by atoms with Gasteiger partial charge in [-0.25, -0.2) is 0 Å². The Bertz CT molecular complexity index is 627. The van der Waals surface area contributed by atoms with E-state index in [9.17, 15) is 20.0 Å². The molecule has 0 aliphatic carbocycles. The van der Waals surface area contributed by atoms with Crippen LogP contribution in [0.2, 0.25) is 0 Å². The van der Waals surface area contributed by atoms with Crippen LogP contribution in [0.1, 0.15) is 21.5 Å². The topological polar surface area (TPSA) is 80.4 Å². The largest absolute Gasteiger partial charge is 0.507 e. The number of rotatable bonds is 3. The van der Waals surface area contributed by atoms with Crippen LogP contribution in [0.4, 0.5) is 5.69 Å². The molecule has 96 valence electrons. The quantitative estimate of drug-likeness (QED) is 0.520. The first-order valence-electron chi connectivity index (χ1n) is 5.58. The Labute approximate surface area is 109 Å². The van der Waals surface area contributed by atoms with E-state index in [0.29, 0.717) is 11.1 Å². The van der Waals surface area contributed by atoms with Gasteiger partial charge in [-0.2, -0.15) is 0 Å². The minimum absolute atomic E-state index is 0.0782. The molecule has 1 N–H and O–H groups in total. The number of nitro benzene ring substituents is 1. The number of carbonyl (C=O) groups excluding carboxylic acids is 1. The van der Waals surface area contributed by atoms with Gasteiger partial charge in [0, 0.05) is 17.7 Å². The van der Waals surface area contributed by atoms with Gasteiger partial charge in [0.1, 0.15) is 5.75 Å². The van der Waals surface area contributed by atoms with Gasteiger partial charge in [0.15, 0.2) is 5.78 Å². The number of aryl methyl sites for hydroxylation is 1. The number of nitrogens with zero attached hydrogens (tertiary/aromatic N) is 1. The zero-order valence-corrected chi connectivity index (χ0v) is 10.2. The molecule has 0 aliphatic heterocycles. The average molecular weight is 257 g/mol. The third-order valence-corrected chi connectivity index (χ3v) is 2.82. The summed E-state index contributed by atoms with van der Waals surface area (Å²) in [4.78, 5) is 22.3. The molecule has 0 fully saturated rings. The van der Waals surface area contributed by atoms with E-state index >= 15 is 0 Å². The predicted octanol–water partition coefficient (Wildman–Crippen LogP) is 2.84. The molecular formula is C14H11NO4. The van der Waals surface area contributed by atoms with Crippen LogP contribution < -0.4 is 0 Å². The Kier molecular flexibility index (Phi) is 3.29. The molecule has 0 saturated heterocycles. The molecule has 0 aliphatic rings. The summed E-state index contributed by atoms with van der Waals surface area (Å²) in [5.41, 5.74) is 1.10. The highest BCUT2D eigenvalue weighted by Gasteiger charge is 2.16. The summed E-state index contributed by atoms with van der Waals surface area (Å²) in [7, 11) is 0. The van der Waals surface area contributed by atoms with E-state index < -0.39 is 4.92 Å². The number of phenols is 1. The van der Waals surface area contributed by atoms with Gasteiger partial charge in [-0.1, -0.05) is 12.1 Å². The van der Waals surface area contributed by atoms with Crippen LogP contribution in [-0.4, -0.2) is 15.8 Å². The van der Waals surface area contributed by atoms with E-state index in [1.54, 1.807) is 19.1 Å². The first kappa shape index (κ1) is 12.8. The summed E-state index contributed by atoms with van der Waals surface area (Å²) < 4.78 is 0. The zero-order chi connectivity index (χ0) is 14.0. The van der Waals surface area contributed by atoms with Crippen LogP contribution in [0.25, 0.3) is 0 Å². The van der Waals surface area contributed by atoms with Gasteiger partial charge < -0.3 is 5.11 Å². The maximum atomic E-state index is 12.2. The molecule has 0 heterocycles. The molecule has 0 bridgehead atoms. The fourth-order valence-corrected chi connectivity index (χ4v) is 1.83. The van der Waals surface area contributed by atoms with Gasteiger partial charge in [0.05, 0.1) is 10.5 Å². The van der Waals surface area contributed by atoms with E-state index in [-0.39, 0.29) is 22.8 Å². The lowest BCUT2D eigenvalue weighted by Crippen LogP contribution is -2.04. The number of aromatic hydroxyl groups is 1. The van der Waals surface area contributed by atoms with Crippen molar-refractivity contribution in [3.8, 4) is 5.75 Å². The van der Waals surface area contributed by atoms with Gasteiger partial charge in [-0.15, -0.1) is 0 Å². The molecule has 0 saturated carbocycles. The Morgan fingerprint density at radius 1 is 1.16 bits per heavy atom. The van der Waals surface area contributed by atoms with Crippen molar-refractivity contribution < 1.29 is 14.8 Å². The van der Waals surface area contributed by atoms with Gasteiger partial charge in [0.25, 0.3) is 5.69 Å². The molecule has 0 amide bonds. The highest BCUT2D eigenvalue weighted by Crippen LogP contribution is 2.24. The molecule has 0 atom stereocenters. The molecule has 0 spiro atoms. The number of carbonyl (C=O) groups is 1. The van der Waals surface area contributed by atoms with Crippen molar-refractivity contribution in [2.45, 2.75) is 6.92 Å². The maximum absolute atomic E-state index is 12.2. The van der Waals surface area contributed by atoms with Crippen molar-refractivity contribution >= 4 is 11.5 Å². The molecule has 2 aromatic rings. The number of ketones is 1. The van der Waals surface area contributed by atoms with Crippen LogP contribution in [-0.2, 0) is 0 Å². The summed E-state index contributed by atoms with van der Waals surface area (Å²) in [5.74, 6) is -0.450. The van der Waals surface area contributed by atoms with Crippen LogP contribution in [0.15, 0.2) is 42.5 Å². The predicted molar refractivity (Wildman–Crippen MR) is 69.4 cm³/mol. The van der Waals surface area contributed by atoms with Gasteiger partial charge in [0.2, 0.25) is 0 Å². The number of hydrogen-bond donors (Lipinski definition) is 1. The fourth-order valence-electron chi connectivity index (χ4n) is 1.83. The third kappa shape index (κ3) is 2.44. The van der Waals surface area contributed by atoms with E-state index in [0.717, 1.165) is 0 Å². The molecule has 0 radical (unpaired) electrons. The Morgan fingerprint density at radius 2 is 1.79 bits per heavy atom. The van der Waals surface area contributed by atoms with Crippen LogP contribution in [0.3, 0.4) is 0 Å². The third-order valence-electron chi connectivity index (χ3n) is 2.82. The van der Waals surface area contributed by atoms with Crippen LogP contribution >= 0.6 is 0 Å². The van der Waals surface area contributed by atoms with Crippen molar-refractivity contribution in [2.75, 3.05) is 0 Å². The fraction of sp³-hybridized carbons (Fsp3) is 0.0714. The average Bonchev–Trinajstić information content (AvgIpc) is 2.38. The van der Waals surface area contributed by atoms with Crippen molar-refractivity contribution in [2.24, 2.45) is 0 Å². The number of hydrogen-bond acceptors (Lipinski definition) is 4. The van der Waals surface area contributed by atoms with Crippen LogP contribution in [0, 0.1) is 17.0 Å². The first-order chi connectivity index (χ1) is 9.00. The summed E-state index contributed by atoms with van der Waals surface area (Å²) in [6, 6.07) is 10.1. The van der Waals surface area contributed by atoms with Gasteiger partial charge in [-0.3, -0.25) is 14.9 Å². The molecule has 5 heteroatoms. The lowest BCUT2D eigenvalue weighted by molar-refractivity contribution is -0.384. The minimum atomic E-state index is -0.528. The highest BCUT2D eigenvalue weighted by molar-refractivity contribution is 6.11. The van der Waals surface area contributed by atoms with Crippen molar-refractivity contribution in [3.05, 3.63) is 69.3 Å². The zero-order valence-electron chi connectivity index (χ0n) is 10.2. The molecule has 2 rings (SSSR count). The number of phenolic OH excluding ortho intramolecular Hbond substituents is 1. The van der Waals surface area contributed by atoms with Gasteiger partial charge in [-0.05, 0) is 30.7 Å². The smallest absolute Gasteiger partial charge is 0.269 e. The molecule has 2 aromatic carbocycles. The Morgan fingerprint density at radius 3 is 2.32 bits per heavy atom. The van der Waals surface area contributed by atoms with Crippen molar-refractivity contribution in [1.29, 1.82) is 0 Å². The number of non-ortho nitro benzene ring substituents is 1. The lowest BCUT2D eigenvalue weighted by Gasteiger charge is -2.07. The summed E-state index contributed by atoms with van der Waals surface area (Å²) in [5, 5.41) is 20.3. The summed E-state index contributed by atoms with van der Waals surface area (Å²) in [6.07, 6.45) is 0. The first-order valence-corrected chi connectivity index (χ1v) is 5.58. The second-order valence-electron chi connectivity index (χ2n) is 4.10. The summed E-state index contributed by atoms with van der Waals surface area (Å²) >= 11 is 0. The van der Waals surface area contributed by atoms with E-state index in [4.69, 9.17) is 0 Å². The second kappa shape index (κ2) is 4.89. The Balaban J connectivity index is 2.42. The van der Waals surface area contributed by atoms with Gasteiger partial charge >= 0.3 is 0 Å². The molecule has 5 nitrogen and oxygen atoms in total. The number of nitro groups is 1. The molecule has 0 unspecified atom stereocenters. The molecule has 19 heavy (non-hydrogen) atoms. The van der Waals surface area contributed by atoms with Crippen molar-refractivity contribution in [3.63, 3.8) is 0 Å². The number of benzene rings is 2. The standard InChI is InChI=1S/C14H11NO4/c1-9-3-2-4-12(16)13(9)14(17)10-5-7-11(8-6-10)15(18)19/h2-8,16H,1H3. The second-order valence-corrected chi connectivity index (χ2v) is 4.10. The minimum Gasteiger partial charge on any atom is -0.507 e. The monoisotopic (exact) mass is 257 g/mol. The van der Waals surface area contributed by atoms with E-state index in [2.05, 4.69) is 0 Å². The van der Waals surface area contributed by atoms with E-state index in [1.165, 1.54) is 30.3 Å². The molecular weight excluding hydrogens is 246 g/mol. The normalized spacial score (nSPS) is 10.2. The summed E-state index contributed by atoms with van der Waals surface area (Å²) in [6.45, 7) is 1.72. The highest BCUT2D eigenvalue weighted by atomic mass is 16.6. The van der Waals surface area contributed by atoms with Crippen LogP contribution in [0.5, 0.6) is 5.75 Å². The van der Waals surface area contributed by atoms with Crippen molar-refractivity contribution in [1.82, 2.24) is 0 Å². The SMILES string of the molecule is Cc1cccc(O)c1C(=O)c1ccc([N+](=O)[O-])cc1. The lowest BCUT2D eigenvalue weighted by atomic mass is 9.98. The maximum Gasteiger partial charge on any atom is 0.269 e. The van der Waals surface area contributed by atoms with E-state index in [1.807, 2.05) is 0 Å².